The van der Waals surface area contributed by atoms with Crippen molar-refractivity contribution in [1.82, 2.24) is 10.2 Å². The van der Waals surface area contributed by atoms with Crippen molar-refractivity contribution in [1.29, 1.82) is 0 Å². The summed E-state index contributed by atoms with van der Waals surface area (Å²) in [6, 6.07) is 0.691. The second kappa shape index (κ2) is 6.27. The second-order valence-corrected chi connectivity index (χ2v) is 5.25. The van der Waals surface area contributed by atoms with Gasteiger partial charge < -0.3 is 5.32 Å². The summed E-state index contributed by atoms with van der Waals surface area (Å²) in [5.41, 5.74) is 0. The van der Waals surface area contributed by atoms with E-state index in [0.717, 1.165) is 19.0 Å². The van der Waals surface area contributed by atoms with Crippen LogP contribution in [0.25, 0.3) is 0 Å². The Labute approximate surface area is 99.8 Å². The Morgan fingerprint density at radius 1 is 1.19 bits per heavy atom. The van der Waals surface area contributed by atoms with Crippen molar-refractivity contribution in [2.24, 2.45) is 5.92 Å². The van der Waals surface area contributed by atoms with Crippen LogP contribution in [0.1, 0.15) is 38.5 Å². The molecule has 0 spiro atoms. The summed E-state index contributed by atoms with van der Waals surface area (Å²) >= 11 is 0. The largest absolute Gasteiger partial charge is 0.312 e. The molecular weight excluding hydrogens is 196 g/mol. The maximum atomic E-state index is 5.42. The van der Waals surface area contributed by atoms with Gasteiger partial charge in [-0.25, -0.2) is 0 Å². The molecule has 1 atom stereocenters. The average Bonchev–Trinajstić information content (AvgIpc) is 2.56. The fourth-order valence-corrected chi connectivity index (χ4v) is 3.15. The number of hydrogen-bond donors (Lipinski definition) is 1. The molecule has 0 radical (unpaired) electrons. The lowest BCUT2D eigenvalue weighted by Gasteiger charge is -2.32. The molecule has 0 aromatic rings. The summed E-state index contributed by atoms with van der Waals surface area (Å²) in [5.74, 6) is 3.68. The molecule has 2 rings (SSSR count). The van der Waals surface area contributed by atoms with Crippen molar-refractivity contribution in [2.45, 2.75) is 44.6 Å². The number of rotatable bonds is 2. The minimum Gasteiger partial charge on any atom is -0.312 e. The summed E-state index contributed by atoms with van der Waals surface area (Å²) < 4.78 is 0. The first-order chi connectivity index (χ1) is 7.90. The van der Waals surface area contributed by atoms with E-state index in [-0.39, 0.29) is 0 Å². The highest BCUT2D eigenvalue weighted by Crippen LogP contribution is 2.27. The predicted molar refractivity (Wildman–Crippen MR) is 68.3 cm³/mol. The first kappa shape index (κ1) is 12.0. The fraction of sp³-hybridized carbons (Fsp3) is 0.857. The van der Waals surface area contributed by atoms with E-state index in [1.165, 1.54) is 51.6 Å². The van der Waals surface area contributed by atoms with E-state index in [1.807, 2.05) is 0 Å². The molecule has 1 unspecified atom stereocenters. The van der Waals surface area contributed by atoms with Crippen molar-refractivity contribution < 1.29 is 0 Å². The maximum absolute atomic E-state index is 5.42. The molecule has 1 N–H and O–H groups in total. The molecule has 0 aromatic carbocycles. The van der Waals surface area contributed by atoms with Gasteiger partial charge in [0.25, 0.3) is 0 Å². The minimum absolute atomic E-state index is 0.691. The van der Waals surface area contributed by atoms with Gasteiger partial charge in [-0.15, -0.1) is 6.42 Å². The van der Waals surface area contributed by atoms with Crippen LogP contribution in [-0.4, -0.2) is 37.1 Å². The van der Waals surface area contributed by atoms with Crippen LogP contribution >= 0.6 is 0 Å². The lowest BCUT2D eigenvalue weighted by molar-refractivity contribution is 0.219. The van der Waals surface area contributed by atoms with Gasteiger partial charge in [-0.2, -0.15) is 0 Å². The van der Waals surface area contributed by atoms with Crippen molar-refractivity contribution in [3.8, 4) is 12.3 Å². The molecule has 2 fully saturated rings. The van der Waals surface area contributed by atoms with Crippen molar-refractivity contribution >= 4 is 0 Å². The first-order valence-corrected chi connectivity index (χ1v) is 6.79. The molecule has 1 aliphatic carbocycles. The van der Waals surface area contributed by atoms with Crippen LogP contribution in [0.4, 0.5) is 0 Å². The highest BCUT2D eigenvalue weighted by molar-refractivity contribution is 4.92. The third-order valence-corrected chi connectivity index (χ3v) is 4.05. The highest BCUT2D eigenvalue weighted by Gasteiger charge is 2.26. The number of nitrogens with zero attached hydrogens (tertiary/aromatic N) is 1. The lowest BCUT2D eigenvalue weighted by atomic mass is 9.83. The molecule has 90 valence electrons. The molecule has 1 aliphatic heterocycles. The zero-order chi connectivity index (χ0) is 11.2. The standard InChI is InChI=1S/C14H24N2/c1-2-10-16-11-6-9-15-14(12-16)13-7-4-3-5-8-13/h1,13-15H,3-12H2. The van der Waals surface area contributed by atoms with Gasteiger partial charge in [0.1, 0.15) is 0 Å². The van der Waals surface area contributed by atoms with Crippen molar-refractivity contribution in [2.75, 3.05) is 26.2 Å². The zero-order valence-electron chi connectivity index (χ0n) is 10.3. The van der Waals surface area contributed by atoms with Crippen molar-refractivity contribution in [3.05, 3.63) is 0 Å². The normalized spacial score (nSPS) is 29.6. The molecule has 16 heavy (non-hydrogen) atoms. The molecule has 0 bridgehead atoms. The average molecular weight is 220 g/mol. The first-order valence-electron chi connectivity index (χ1n) is 6.79. The third kappa shape index (κ3) is 3.23. The molecular formula is C14H24N2. The van der Waals surface area contributed by atoms with E-state index in [2.05, 4.69) is 16.1 Å². The molecule has 1 saturated heterocycles. The van der Waals surface area contributed by atoms with Gasteiger partial charge in [-0.3, -0.25) is 4.90 Å². The minimum atomic E-state index is 0.691. The van der Waals surface area contributed by atoms with Crippen LogP contribution in [-0.2, 0) is 0 Å². The van der Waals surface area contributed by atoms with Gasteiger partial charge in [0.2, 0.25) is 0 Å². The van der Waals surface area contributed by atoms with E-state index in [4.69, 9.17) is 6.42 Å². The Morgan fingerprint density at radius 3 is 2.75 bits per heavy atom. The Balaban J connectivity index is 1.88. The van der Waals surface area contributed by atoms with E-state index >= 15 is 0 Å². The number of hydrogen-bond acceptors (Lipinski definition) is 2. The predicted octanol–water partition coefficient (Wildman–Crippen LogP) is 1.86. The molecule has 2 aliphatic rings. The molecule has 2 heteroatoms. The van der Waals surface area contributed by atoms with Gasteiger partial charge in [0.05, 0.1) is 6.54 Å². The Bertz CT molecular complexity index is 238. The van der Waals surface area contributed by atoms with Gasteiger partial charge >= 0.3 is 0 Å². The van der Waals surface area contributed by atoms with Crippen LogP contribution < -0.4 is 5.32 Å². The van der Waals surface area contributed by atoms with Gasteiger partial charge in [0, 0.05) is 19.1 Å². The summed E-state index contributed by atoms with van der Waals surface area (Å²) in [6.45, 7) is 4.32. The SMILES string of the molecule is C#CCN1CCCNC(C2CCCCC2)C1. The lowest BCUT2D eigenvalue weighted by Crippen LogP contribution is -2.43. The van der Waals surface area contributed by atoms with E-state index in [9.17, 15) is 0 Å². The monoisotopic (exact) mass is 220 g/mol. The molecule has 2 nitrogen and oxygen atoms in total. The summed E-state index contributed by atoms with van der Waals surface area (Å²) in [4.78, 5) is 2.44. The van der Waals surface area contributed by atoms with Crippen molar-refractivity contribution in [3.63, 3.8) is 0 Å². The Kier molecular flexibility index (Phi) is 4.69. The van der Waals surface area contributed by atoms with E-state index in [0.29, 0.717) is 6.04 Å². The Morgan fingerprint density at radius 2 is 2.00 bits per heavy atom. The van der Waals surface area contributed by atoms with Crippen LogP contribution in [0.3, 0.4) is 0 Å². The zero-order valence-corrected chi connectivity index (χ0v) is 10.3. The number of terminal acetylenes is 1. The van der Waals surface area contributed by atoms with Crippen LogP contribution in [0.5, 0.6) is 0 Å². The quantitative estimate of drug-likeness (QED) is 0.715. The molecule has 1 heterocycles. The van der Waals surface area contributed by atoms with Gasteiger partial charge in [0.15, 0.2) is 0 Å². The number of nitrogens with one attached hydrogen (secondary N) is 1. The fourth-order valence-electron chi connectivity index (χ4n) is 3.15. The highest BCUT2D eigenvalue weighted by atomic mass is 15.2. The molecule has 0 aromatic heterocycles. The summed E-state index contributed by atoms with van der Waals surface area (Å²) in [6.07, 6.45) is 13.8. The van der Waals surface area contributed by atoms with Crippen LogP contribution in [0.15, 0.2) is 0 Å². The Hall–Kier alpha value is -0.520. The molecule has 1 saturated carbocycles. The second-order valence-electron chi connectivity index (χ2n) is 5.25. The topological polar surface area (TPSA) is 15.3 Å². The summed E-state index contributed by atoms with van der Waals surface area (Å²) in [5, 5.41) is 3.73. The van der Waals surface area contributed by atoms with Gasteiger partial charge in [-0.05, 0) is 31.7 Å². The van der Waals surface area contributed by atoms with Crippen LogP contribution in [0, 0.1) is 18.3 Å². The summed E-state index contributed by atoms with van der Waals surface area (Å²) in [7, 11) is 0. The third-order valence-electron chi connectivity index (χ3n) is 4.05. The van der Waals surface area contributed by atoms with E-state index in [1.54, 1.807) is 0 Å². The maximum Gasteiger partial charge on any atom is 0.0599 e. The van der Waals surface area contributed by atoms with E-state index < -0.39 is 0 Å². The smallest absolute Gasteiger partial charge is 0.0599 e. The molecule has 0 amide bonds. The van der Waals surface area contributed by atoms with Crippen LogP contribution in [0.2, 0.25) is 0 Å². The van der Waals surface area contributed by atoms with Gasteiger partial charge in [-0.1, -0.05) is 25.2 Å².